The van der Waals surface area contributed by atoms with Gasteiger partial charge in [-0.25, -0.2) is 0 Å². The summed E-state index contributed by atoms with van der Waals surface area (Å²) in [5.41, 5.74) is 0.791. The Morgan fingerprint density at radius 1 is 1.17 bits per heavy atom. The standard InChI is InChI=1S/C17H27BrO4S/c1-6-23-17(11(2)8-7-9-18)14-12(19)10-13(20-3)15(21-4)16(14)22-5/h10-11,17,19H,6-9H2,1-5H3. The highest BCUT2D eigenvalue weighted by Crippen LogP contribution is 2.52. The van der Waals surface area contributed by atoms with Crippen molar-refractivity contribution in [2.75, 3.05) is 32.4 Å². The number of benzene rings is 1. The number of phenols is 1. The summed E-state index contributed by atoms with van der Waals surface area (Å²) in [5.74, 6) is 3.10. The van der Waals surface area contributed by atoms with Crippen LogP contribution in [-0.2, 0) is 0 Å². The lowest BCUT2D eigenvalue weighted by molar-refractivity contribution is 0.314. The van der Waals surface area contributed by atoms with Crippen molar-refractivity contribution in [3.8, 4) is 23.0 Å². The zero-order valence-electron chi connectivity index (χ0n) is 14.5. The molecule has 1 N–H and O–H groups in total. The molecule has 1 rings (SSSR count). The summed E-state index contributed by atoms with van der Waals surface area (Å²) in [6, 6.07) is 1.61. The van der Waals surface area contributed by atoms with Gasteiger partial charge in [-0.15, -0.1) is 0 Å². The van der Waals surface area contributed by atoms with Crippen molar-refractivity contribution in [2.45, 2.75) is 31.9 Å². The summed E-state index contributed by atoms with van der Waals surface area (Å²) in [6.45, 7) is 4.34. The highest BCUT2D eigenvalue weighted by molar-refractivity contribution is 9.09. The van der Waals surface area contributed by atoms with E-state index in [1.54, 1.807) is 27.4 Å². The van der Waals surface area contributed by atoms with Crippen LogP contribution < -0.4 is 14.2 Å². The Hall–Kier alpha value is -0.750. The van der Waals surface area contributed by atoms with Gasteiger partial charge in [-0.2, -0.15) is 11.8 Å². The highest BCUT2D eigenvalue weighted by atomic mass is 79.9. The zero-order chi connectivity index (χ0) is 17.4. The topological polar surface area (TPSA) is 47.9 Å². The van der Waals surface area contributed by atoms with Crippen molar-refractivity contribution >= 4 is 27.7 Å². The normalized spacial score (nSPS) is 13.5. The smallest absolute Gasteiger partial charge is 0.203 e. The van der Waals surface area contributed by atoms with Gasteiger partial charge in [0, 0.05) is 16.6 Å². The molecule has 0 bridgehead atoms. The summed E-state index contributed by atoms with van der Waals surface area (Å²) in [4.78, 5) is 0. The predicted molar refractivity (Wildman–Crippen MR) is 101 cm³/mol. The molecule has 0 radical (unpaired) electrons. The van der Waals surface area contributed by atoms with Crippen molar-refractivity contribution in [3.05, 3.63) is 11.6 Å². The Balaban J connectivity index is 3.39. The SMILES string of the molecule is CCSC(c1c(O)cc(OC)c(OC)c1OC)C(C)CCCBr. The minimum atomic E-state index is 0.133. The summed E-state index contributed by atoms with van der Waals surface area (Å²) >= 11 is 5.30. The van der Waals surface area contributed by atoms with E-state index < -0.39 is 0 Å². The lowest BCUT2D eigenvalue weighted by atomic mass is 9.94. The monoisotopic (exact) mass is 406 g/mol. The van der Waals surface area contributed by atoms with Crippen molar-refractivity contribution < 1.29 is 19.3 Å². The van der Waals surface area contributed by atoms with E-state index in [-0.39, 0.29) is 11.0 Å². The van der Waals surface area contributed by atoms with Crippen LogP contribution in [0.2, 0.25) is 0 Å². The maximum Gasteiger partial charge on any atom is 0.203 e. The van der Waals surface area contributed by atoms with E-state index in [0.717, 1.165) is 29.5 Å². The van der Waals surface area contributed by atoms with E-state index in [1.807, 2.05) is 11.8 Å². The van der Waals surface area contributed by atoms with E-state index in [4.69, 9.17) is 14.2 Å². The fourth-order valence-electron chi connectivity index (χ4n) is 2.70. The van der Waals surface area contributed by atoms with E-state index >= 15 is 0 Å². The molecule has 0 aliphatic rings. The number of hydrogen-bond donors (Lipinski definition) is 1. The van der Waals surface area contributed by atoms with Gasteiger partial charge in [-0.05, 0) is 24.5 Å². The number of hydrogen-bond acceptors (Lipinski definition) is 5. The van der Waals surface area contributed by atoms with Crippen LogP contribution >= 0.6 is 27.7 Å². The van der Waals surface area contributed by atoms with E-state index in [1.165, 1.54) is 0 Å². The zero-order valence-corrected chi connectivity index (χ0v) is 16.9. The van der Waals surface area contributed by atoms with Gasteiger partial charge in [0.1, 0.15) is 5.75 Å². The van der Waals surface area contributed by atoms with Gasteiger partial charge in [0.25, 0.3) is 0 Å². The molecule has 0 aliphatic heterocycles. The van der Waals surface area contributed by atoms with Crippen LogP contribution in [0.3, 0.4) is 0 Å². The average molecular weight is 407 g/mol. The average Bonchev–Trinajstić information content (AvgIpc) is 2.56. The molecule has 2 unspecified atom stereocenters. The molecule has 0 spiro atoms. The Bertz CT molecular complexity index is 496. The third-order valence-electron chi connectivity index (χ3n) is 3.79. The second-order valence-electron chi connectivity index (χ2n) is 5.26. The number of rotatable bonds is 10. The van der Waals surface area contributed by atoms with Gasteiger partial charge in [0.05, 0.1) is 26.9 Å². The number of aromatic hydroxyl groups is 1. The Morgan fingerprint density at radius 2 is 1.83 bits per heavy atom. The molecule has 0 aliphatic carbocycles. The van der Waals surface area contributed by atoms with E-state index in [9.17, 15) is 5.11 Å². The van der Waals surface area contributed by atoms with Crippen LogP contribution in [0.4, 0.5) is 0 Å². The number of thioether (sulfide) groups is 1. The second kappa shape index (κ2) is 10.2. The van der Waals surface area contributed by atoms with Crippen molar-refractivity contribution in [3.63, 3.8) is 0 Å². The summed E-state index contributed by atoms with van der Waals surface area (Å²) in [6.07, 6.45) is 2.16. The van der Waals surface area contributed by atoms with E-state index in [2.05, 4.69) is 29.8 Å². The molecule has 4 nitrogen and oxygen atoms in total. The lowest BCUT2D eigenvalue weighted by Gasteiger charge is -2.27. The van der Waals surface area contributed by atoms with Crippen LogP contribution in [0, 0.1) is 5.92 Å². The number of alkyl halides is 1. The molecule has 0 saturated heterocycles. The van der Waals surface area contributed by atoms with E-state index in [0.29, 0.717) is 23.2 Å². The summed E-state index contributed by atoms with van der Waals surface area (Å²) < 4.78 is 16.4. The third-order valence-corrected chi connectivity index (χ3v) is 5.74. The molecular formula is C17H27BrO4S. The first kappa shape index (κ1) is 20.3. The van der Waals surface area contributed by atoms with Gasteiger partial charge in [-0.3, -0.25) is 0 Å². The maximum atomic E-state index is 10.6. The molecule has 1 aromatic rings. The quantitative estimate of drug-likeness (QED) is 0.552. The molecule has 6 heteroatoms. The minimum Gasteiger partial charge on any atom is -0.507 e. The first-order chi connectivity index (χ1) is 11.0. The lowest BCUT2D eigenvalue weighted by Crippen LogP contribution is -2.10. The van der Waals surface area contributed by atoms with Crippen LogP contribution in [0.5, 0.6) is 23.0 Å². The fourth-order valence-corrected chi connectivity index (χ4v) is 4.24. The Kier molecular flexibility index (Phi) is 8.99. The van der Waals surface area contributed by atoms with Gasteiger partial charge >= 0.3 is 0 Å². The largest absolute Gasteiger partial charge is 0.507 e. The Labute approximate surface area is 152 Å². The van der Waals surface area contributed by atoms with Gasteiger partial charge < -0.3 is 19.3 Å². The summed E-state index contributed by atoms with van der Waals surface area (Å²) in [5, 5.41) is 11.7. The molecule has 0 amide bonds. The van der Waals surface area contributed by atoms with Gasteiger partial charge in [0.15, 0.2) is 11.5 Å². The highest BCUT2D eigenvalue weighted by Gasteiger charge is 2.30. The predicted octanol–water partition coefficient (Wildman–Crippen LogP) is 5.02. The first-order valence-corrected chi connectivity index (χ1v) is 9.91. The van der Waals surface area contributed by atoms with Crippen molar-refractivity contribution in [2.24, 2.45) is 5.92 Å². The van der Waals surface area contributed by atoms with Crippen LogP contribution in [0.25, 0.3) is 0 Å². The third kappa shape index (κ3) is 4.86. The van der Waals surface area contributed by atoms with Crippen LogP contribution in [0.1, 0.15) is 37.5 Å². The molecule has 0 saturated carbocycles. The summed E-state index contributed by atoms with van der Waals surface area (Å²) in [7, 11) is 4.72. The molecule has 132 valence electrons. The number of phenolic OH excluding ortho intramolecular Hbond substituents is 1. The van der Waals surface area contributed by atoms with Crippen molar-refractivity contribution in [1.82, 2.24) is 0 Å². The van der Waals surface area contributed by atoms with Gasteiger partial charge in [-0.1, -0.05) is 29.8 Å². The van der Waals surface area contributed by atoms with Crippen LogP contribution in [0.15, 0.2) is 6.07 Å². The van der Waals surface area contributed by atoms with Crippen LogP contribution in [-0.4, -0.2) is 37.5 Å². The molecule has 0 aromatic heterocycles. The second-order valence-corrected chi connectivity index (χ2v) is 7.47. The maximum absolute atomic E-state index is 10.6. The minimum absolute atomic E-state index is 0.133. The first-order valence-electron chi connectivity index (χ1n) is 7.74. The molecular weight excluding hydrogens is 380 g/mol. The number of halogens is 1. The molecule has 0 fully saturated rings. The number of methoxy groups -OCH3 is 3. The molecule has 23 heavy (non-hydrogen) atoms. The van der Waals surface area contributed by atoms with Gasteiger partial charge in [0.2, 0.25) is 5.75 Å². The Morgan fingerprint density at radius 3 is 2.30 bits per heavy atom. The molecule has 1 aromatic carbocycles. The fraction of sp³-hybridized carbons (Fsp3) is 0.647. The molecule has 2 atom stereocenters. The molecule has 0 heterocycles. The number of ether oxygens (including phenoxy) is 3. The van der Waals surface area contributed by atoms with Crippen molar-refractivity contribution in [1.29, 1.82) is 0 Å².